The molecule has 29 heavy (non-hydrogen) atoms. The molecule has 3 aromatic rings. The van der Waals surface area contributed by atoms with Crippen molar-refractivity contribution in [2.75, 3.05) is 11.9 Å². The van der Waals surface area contributed by atoms with Crippen LogP contribution >= 0.6 is 0 Å². The summed E-state index contributed by atoms with van der Waals surface area (Å²) in [6.07, 6.45) is 4.62. The minimum Gasteiger partial charge on any atom is -0.445 e. The van der Waals surface area contributed by atoms with Crippen molar-refractivity contribution in [2.45, 2.75) is 31.9 Å². The minimum absolute atomic E-state index is 0.00491. The summed E-state index contributed by atoms with van der Waals surface area (Å²) < 4.78 is 5.58. The van der Waals surface area contributed by atoms with E-state index >= 15 is 0 Å². The molecule has 2 aromatic carbocycles. The average molecular weight is 387 g/mol. The Morgan fingerprint density at radius 2 is 1.76 bits per heavy atom. The zero-order valence-electron chi connectivity index (χ0n) is 16.3. The van der Waals surface area contributed by atoms with Crippen molar-refractivity contribution in [2.24, 2.45) is 0 Å². The van der Waals surface area contributed by atoms with Gasteiger partial charge in [0.15, 0.2) is 0 Å². The molecule has 1 aromatic heterocycles. The number of piperidine rings is 1. The molecule has 5 heteroatoms. The number of nitrogens with zero attached hydrogens (tertiary/aromatic N) is 2. The first-order valence-corrected chi connectivity index (χ1v) is 10.0. The summed E-state index contributed by atoms with van der Waals surface area (Å²) in [6.45, 7) is 1.00. The number of nitrogens with one attached hydrogen (secondary N) is 1. The molecule has 2 heterocycles. The fourth-order valence-electron chi connectivity index (χ4n) is 3.64. The lowest BCUT2D eigenvalue weighted by molar-refractivity contribution is 0.0678. The number of hydrogen-bond donors (Lipinski definition) is 1. The number of carbonyl (C=O) groups excluding carboxylic acids is 1. The third-order valence-corrected chi connectivity index (χ3v) is 5.16. The number of hydrogen-bond acceptors (Lipinski definition) is 4. The molecule has 0 saturated carbocycles. The van der Waals surface area contributed by atoms with Crippen molar-refractivity contribution < 1.29 is 9.53 Å². The van der Waals surface area contributed by atoms with E-state index in [-0.39, 0.29) is 12.1 Å². The Morgan fingerprint density at radius 1 is 1.00 bits per heavy atom. The van der Waals surface area contributed by atoms with Gasteiger partial charge in [-0.2, -0.15) is 0 Å². The first-order chi connectivity index (χ1) is 14.3. The fraction of sp³-hybridized carbons (Fsp3) is 0.250. The Bertz CT molecular complexity index is 914. The van der Waals surface area contributed by atoms with Gasteiger partial charge in [-0.25, -0.2) is 9.78 Å². The van der Waals surface area contributed by atoms with Crippen LogP contribution in [-0.2, 0) is 11.3 Å². The normalized spacial score (nSPS) is 16.3. The van der Waals surface area contributed by atoms with Gasteiger partial charge < -0.3 is 15.0 Å². The highest BCUT2D eigenvalue weighted by Gasteiger charge is 2.29. The number of aromatic nitrogens is 1. The molecule has 148 valence electrons. The number of rotatable bonds is 5. The maximum atomic E-state index is 12.7. The van der Waals surface area contributed by atoms with Gasteiger partial charge in [-0.05, 0) is 48.6 Å². The molecule has 0 radical (unpaired) electrons. The van der Waals surface area contributed by atoms with E-state index in [1.165, 1.54) is 0 Å². The number of carbonyl (C=O) groups is 1. The van der Waals surface area contributed by atoms with E-state index in [1.807, 2.05) is 83.9 Å². The van der Waals surface area contributed by atoms with Crippen molar-refractivity contribution in [1.29, 1.82) is 0 Å². The van der Waals surface area contributed by atoms with Crippen molar-refractivity contribution in [3.8, 4) is 0 Å². The Labute approximate surface area is 171 Å². The third kappa shape index (κ3) is 4.93. The lowest BCUT2D eigenvalue weighted by Crippen LogP contribution is -2.38. The number of benzene rings is 2. The molecule has 1 aliphatic heterocycles. The van der Waals surface area contributed by atoms with Crippen LogP contribution in [0.15, 0.2) is 79.0 Å². The number of amides is 1. The molecular formula is C24H25N3O2. The molecule has 1 aliphatic rings. The van der Waals surface area contributed by atoms with E-state index in [0.717, 1.165) is 41.9 Å². The zero-order valence-corrected chi connectivity index (χ0v) is 16.3. The number of pyridine rings is 1. The van der Waals surface area contributed by atoms with Crippen molar-refractivity contribution in [3.05, 3.63) is 90.1 Å². The van der Waals surface area contributed by atoms with Crippen LogP contribution in [0.1, 0.15) is 36.4 Å². The van der Waals surface area contributed by atoms with Crippen molar-refractivity contribution >= 4 is 17.6 Å². The zero-order chi connectivity index (χ0) is 19.9. The maximum absolute atomic E-state index is 12.7. The third-order valence-electron chi connectivity index (χ3n) is 5.16. The molecule has 0 spiro atoms. The van der Waals surface area contributed by atoms with Crippen LogP contribution in [0, 0.1) is 0 Å². The predicted octanol–water partition coefficient (Wildman–Crippen LogP) is 5.69. The standard InChI is InChI=1S/C24H25N3O2/c28-24(29-18-19-9-3-1-4-10-19)27-16-8-7-13-22(27)20-14-15-23(25-17-20)26-21-11-5-2-6-12-21/h1-6,9-12,14-15,17,22H,7-8,13,16,18H2,(H,25,26)/t22-/m0/s1. The summed E-state index contributed by atoms with van der Waals surface area (Å²) in [5.41, 5.74) is 3.03. The molecule has 0 aliphatic carbocycles. The Morgan fingerprint density at radius 3 is 2.48 bits per heavy atom. The molecule has 5 nitrogen and oxygen atoms in total. The first-order valence-electron chi connectivity index (χ1n) is 10.0. The highest BCUT2D eigenvalue weighted by Crippen LogP contribution is 2.31. The number of ether oxygens (including phenoxy) is 1. The van der Waals surface area contributed by atoms with Crippen molar-refractivity contribution in [1.82, 2.24) is 9.88 Å². The van der Waals surface area contributed by atoms with Gasteiger partial charge in [-0.15, -0.1) is 0 Å². The summed E-state index contributed by atoms with van der Waals surface area (Å²) >= 11 is 0. The van der Waals surface area contributed by atoms with Crippen LogP contribution in [0.3, 0.4) is 0 Å². The van der Waals surface area contributed by atoms with Gasteiger partial charge >= 0.3 is 6.09 Å². The lowest BCUT2D eigenvalue weighted by Gasteiger charge is -2.35. The Balaban J connectivity index is 1.42. The van der Waals surface area contributed by atoms with E-state index in [9.17, 15) is 4.79 Å². The first kappa shape index (κ1) is 19.0. The molecule has 4 rings (SSSR count). The molecule has 1 fully saturated rings. The van der Waals surface area contributed by atoms with Crippen LogP contribution in [0.5, 0.6) is 0 Å². The molecule has 1 atom stereocenters. The number of para-hydroxylation sites is 1. The highest BCUT2D eigenvalue weighted by atomic mass is 16.6. The minimum atomic E-state index is -0.259. The van der Waals surface area contributed by atoms with Gasteiger partial charge in [0.2, 0.25) is 0 Å². The van der Waals surface area contributed by atoms with Crippen LogP contribution in [-0.4, -0.2) is 22.5 Å². The molecule has 1 amide bonds. The van der Waals surface area contributed by atoms with Gasteiger partial charge in [-0.1, -0.05) is 54.6 Å². The fourth-order valence-corrected chi connectivity index (χ4v) is 3.64. The van der Waals surface area contributed by atoms with E-state index in [4.69, 9.17) is 4.74 Å². The molecule has 1 N–H and O–H groups in total. The summed E-state index contributed by atoms with van der Waals surface area (Å²) in [4.78, 5) is 19.1. The second kappa shape index (κ2) is 9.24. The van der Waals surface area contributed by atoms with Crippen molar-refractivity contribution in [3.63, 3.8) is 0 Å². The second-order valence-corrected chi connectivity index (χ2v) is 7.21. The smallest absolute Gasteiger partial charge is 0.410 e. The lowest BCUT2D eigenvalue weighted by atomic mass is 9.97. The van der Waals surface area contributed by atoms with Crippen LogP contribution < -0.4 is 5.32 Å². The van der Waals surface area contributed by atoms with Crippen LogP contribution in [0.2, 0.25) is 0 Å². The van der Waals surface area contributed by atoms with E-state index < -0.39 is 0 Å². The maximum Gasteiger partial charge on any atom is 0.410 e. The number of anilines is 2. The topological polar surface area (TPSA) is 54.5 Å². The summed E-state index contributed by atoms with van der Waals surface area (Å²) in [5.74, 6) is 0.786. The van der Waals surface area contributed by atoms with Crippen LogP contribution in [0.4, 0.5) is 16.3 Å². The second-order valence-electron chi connectivity index (χ2n) is 7.21. The molecular weight excluding hydrogens is 362 g/mol. The highest BCUT2D eigenvalue weighted by molar-refractivity contribution is 5.68. The van der Waals surface area contributed by atoms with Gasteiger partial charge in [0.25, 0.3) is 0 Å². The molecule has 1 saturated heterocycles. The monoisotopic (exact) mass is 387 g/mol. The van der Waals surface area contributed by atoms with E-state index in [0.29, 0.717) is 13.2 Å². The van der Waals surface area contributed by atoms with E-state index in [1.54, 1.807) is 0 Å². The average Bonchev–Trinajstić information content (AvgIpc) is 2.79. The quantitative estimate of drug-likeness (QED) is 0.611. The summed E-state index contributed by atoms with van der Waals surface area (Å²) in [6, 6.07) is 23.7. The summed E-state index contributed by atoms with van der Waals surface area (Å²) in [7, 11) is 0. The SMILES string of the molecule is O=C(OCc1ccccc1)N1CCCC[C@H]1c1ccc(Nc2ccccc2)nc1. The molecule has 0 unspecified atom stereocenters. The molecule has 0 bridgehead atoms. The van der Waals surface area contributed by atoms with Gasteiger partial charge in [0.1, 0.15) is 12.4 Å². The number of likely N-dealkylation sites (tertiary alicyclic amines) is 1. The largest absolute Gasteiger partial charge is 0.445 e. The Hall–Kier alpha value is -3.34. The Kier molecular flexibility index (Phi) is 6.05. The van der Waals surface area contributed by atoms with Crippen LogP contribution in [0.25, 0.3) is 0 Å². The van der Waals surface area contributed by atoms with Gasteiger partial charge in [0, 0.05) is 18.4 Å². The van der Waals surface area contributed by atoms with Gasteiger partial charge in [-0.3, -0.25) is 0 Å². The van der Waals surface area contributed by atoms with Gasteiger partial charge in [0.05, 0.1) is 6.04 Å². The predicted molar refractivity (Wildman–Crippen MR) is 114 cm³/mol. The van der Waals surface area contributed by atoms with E-state index in [2.05, 4.69) is 10.3 Å². The summed E-state index contributed by atoms with van der Waals surface area (Å²) in [5, 5.41) is 3.29.